The largest absolute Gasteiger partial charge is 0.379 e. The van der Waals surface area contributed by atoms with Gasteiger partial charge in [-0.25, -0.2) is 0 Å². The number of H-pyrrole nitrogens is 1. The van der Waals surface area contributed by atoms with Crippen LogP contribution in [0.25, 0.3) is 10.9 Å². The Hall–Kier alpha value is -2.18. The number of fused-ring (bicyclic) bond motifs is 1. The van der Waals surface area contributed by atoms with Crippen molar-refractivity contribution in [3.8, 4) is 0 Å². The number of pyridine rings is 1. The molecule has 1 aliphatic rings. The molecule has 1 fully saturated rings. The number of aromatic amines is 1. The maximum atomic E-state index is 12.3. The molecule has 26 heavy (non-hydrogen) atoms. The number of carbonyl (C=O) groups excluding carboxylic acids is 1. The van der Waals surface area contributed by atoms with E-state index in [0.29, 0.717) is 24.9 Å². The lowest BCUT2D eigenvalue weighted by Crippen LogP contribution is -2.41. The molecule has 140 valence electrons. The molecule has 0 spiro atoms. The van der Waals surface area contributed by atoms with Gasteiger partial charge in [-0.05, 0) is 55.0 Å². The van der Waals surface area contributed by atoms with E-state index in [1.54, 1.807) is 0 Å². The van der Waals surface area contributed by atoms with Crippen molar-refractivity contribution in [2.75, 3.05) is 39.4 Å². The molecular weight excluding hydrogens is 330 g/mol. The molecule has 1 aromatic heterocycles. The Bertz CT molecular complexity index is 838. The monoisotopic (exact) mass is 357 g/mol. The molecule has 3 rings (SSSR count). The zero-order chi connectivity index (χ0) is 18.5. The van der Waals surface area contributed by atoms with Crippen molar-refractivity contribution in [3.05, 3.63) is 45.2 Å². The summed E-state index contributed by atoms with van der Waals surface area (Å²) in [6, 6.07) is 5.97. The summed E-state index contributed by atoms with van der Waals surface area (Å²) in [6.45, 7) is 8.91. The van der Waals surface area contributed by atoms with Crippen LogP contribution in [0.3, 0.4) is 0 Å². The molecular formula is C20H27N3O3. The molecule has 2 N–H and O–H groups in total. The Morgan fingerprint density at radius 1 is 1.19 bits per heavy atom. The van der Waals surface area contributed by atoms with E-state index in [0.717, 1.165) is 49.3 Å². The molecule has 2 aromatic rings. The number of nitrogens with zero attached hydrogens (tertiary/aromatic N) is 1. The second-order valence-electron chi connectivity index (χ2n) is 6.95. The topological polar surface area (TPSA) is 74.4 Å². The van der Waals surface area contributed by atoms with E-state index in [2.05, 4.69) is 28.2 Å². The fourth-order valence-electron chi connectivity index (χ4n) is 3.22. The van der Waals surface area contributed by atoms with Crippen LogP contribution in [0, 0.1) is 13.8 Å². The minimum atomic E-state index is -0.109. The number of carbonyl (C=O) groups is 1. The molecule has 1 aliphatic heterocycles. The number of benzene rings is 1. The van der Waals surface area contributed by atoms with Gasteiger partial charge >= 0.3 is 0 Å². The normalized spacial score (nSPS) is 15.3. The summed E-state index contributed by atoms with van der Waals surface area (Å²) in [4.78, 5) is 29.5. The Morgan fingerprint density at radius 3 is 2.69 bits per heavy atom. The van der Waals surface area contributed by atoms with Crippen LogP contribution in [0.4, 0.5) is 0 Å². The van der Waals surface area contributed by atoms with Gasteiger partial charge in [0.25, 0.3) is 5.56 Å². The average molecular weight is 357 g/mol. The van der Waals surface area contributed by atoms with Crippen LogP contribution < -0.4 is 10.9 Å². The van der Waals surface area contributed by atoms with Crippen LogP contribution in [0.1, 0.15) is 23.1 Å². The van der Waals surface area contributed by atoms with E-state index in [-0.39, 0.29) is 11.5 Å². The molecule has 6 nitrogen and oxygen atoms in total. The van der Waals surface area contributed by atoms with Gasteiger partial charge in [0, 0.05) is 43.7 Å². The molecule has 0 aliphatic carbocycles. The maximum Gasteiger partial charge on any atom is 0.251 e. The van der Waals surface area contributed by atoms with E-state index in [9.17, 15) is 9.59 Å². The molecule has 0 atom stereocenters. The minimum absolute atomic E-state index is 0.0159. The van der Waals surface area contributed by atoms with Crippen LogP contribution in [-0.4, -0.2) is 55.2 Å². The van der Waals surface area contributed by atoms with Gasteiger partial charge in [-0.3, -0.25) is 14.5 Å². The van der Waals surface area contributed by atoms with Gasteiger partial charge in [0.15, 0.2) is 0 Å². The van der Waals surface area contributed by atoms with E-state index < -0.39 is 0 Å². The molecule has 1 amide bonds. The number of ether oxygens (including phenoxy) is 1. The first-order valence-electron chi connectivity index (χ1n) is 9.23. The number of hydrogen-bond donors (Lipinski definition) is 2. The third kappa shape index (κ3) is 4.71. The van der Waals surface area contributed by atoms with E-state index >= 15 is 0 Å². The molecule has 1 saturated heterocycles. The van der Waals surface area contributed by atoms with Crippen molar-refractivity contribution in [2.24, 2.45) is 0 Å². The van der Waals surface area contributed by atoms with Crippen LogP contribution in [-0.2, 0) is 16.0 Å². The van der Waals surface area contributed by atoms with Crippen molar-refractivity contribution in [3.63, 3.8) is 0 Å². The van der Waals surface area contributed by atoms with Crippen molar-refractivity contribution in [1.29, 1.82) is 0 Å². The van der Waals surface area contributed by atoms with Gasteiger partial charge in [-0.1, -0.05) is 0 Å². The van der Waals surface area contributed by atoms with Crippen molar-refractivity contribution in [1.82, 2.24) is 15.2 Å². The Kier molecular flexibility index (Phi) is 6.06. The highest BCUT2D eigenvalue weighted by Crippen LogP contribution is 2.17. The summed E-state index contributed by atoms with van der Waals surface area (Å²) >= 11 is 0. The lowest BCUT2D eigenvalue weighted by atomic mass is 10.0. The van der Waals surface area contributed by atoms with E-state index in [1.165, 1.54) is 5.56 Å². The average Bonchev–Trinajstić information content (AvgIpc) is 2.62. The highest BCUT2D eigenvalue weighted by atomic mass is 16.5. The standard InChI is InChI=1S/C20H27N3O3/c1-14-11-17-13-16(20(25)22-18(17)12-15(14)2)3-4-19(24)21-5-6-23-7-9-26-10-8-23/h11-13H,3-10H2,1-2H3,(H,21,24)(H,22,25). The van der Waals surface area contributed by atoms with Gasteiger partial charge in [0.05, 0.1) is 13.2 Å². The highest BCUT2D eigenvalue weighted by Gasteiger charge is 2.11. The third-order valence-electron chi connectivity index (χ3n) is 5.01. The van der Waals surface area contributed by atoms with Gasteiger partial charge in [0.1, 0.15) is 0 Å². The lowest BCUT2D eigenvalue weighted by molar-refractivity contribution is -0.121. The fourth-order valence-corrected chi connectivity index (χ4v) is 3.22. The summed E-state index contributed by atoms with van der Waals surface area (Å²) in [7, 11) is 0. The molecule has 0 saturated carbocycles. The van der Waals surface area contributed by atoms with Crippen LogP contribution in [0.15, 0.2) is 23.0 Å². The maximum absolute atomic E-state index is 12.3. The first-order chi connectivity index (χ1) is 12.5. The zero-order valence-electron chi connectivity index (χ0n) is 15.6. The molecule has 1 aromatic carbocycles. The third-order valence-corrected chi connectivity index (χ3v) is 5.01. The summed E-state index contributed by atoms with van der Waals surface area (Å²) in [5.74, 6) is -0.0159. The predicted molar refractivity (Wildman–Crippen MR) is 103 cm³/mol. The SMILES string of the molecule is Cc1cc2cc(CCC(=O)NCCN3CCOCC3)c(=O)[nH]c2cc1C. The number of amides is 1. The zero-order valence-corrected chi connectivity index (χ0v) is 15.6. The lowest BCUT2D eigenvalue weighted by Gasteiger charge is -2.26. The van der Waals surface area contributed by atoms with Crippen LogP contribution in [0.5, 0.6) is 0 Å². The fraction of sp³-hybridized carbons (Fsp3) is 0.500. The Labute approximate surface area is 153 Å². The number of hydrogen-bond acceptors (Lipinski definition) is 4. The van der Waals surface area contributed by atoms with Gasteiger partial charge in [0.2, 0.25) is 5.91 Å². The first-order valence-corrected chi connectivity index (χ1v) is 9.23. The molecule has 2 heterocycles. The number of aromatic nitrogens is 1. The number of aryl methyl sites for hydroxylation is 3. The minimum Gasteiger partial charge on any atom is -0.379 e. The van der Waals surface area contributed by atoms with E-state index in [4.69, 9.17) is 4.74 Å². The number of rotatable bonds is 6. The number of nitrogens with one attached hydrogen (secondary N) is 2. The second-order valence-corrected chi connectivity index (χ2v) is 6.95. The summed E-state index contributed by atoms with van der Waals surface area (Å²) in [5.41, 5.74) is 3.74. The van der Waals surface area contributed by atoms with Gasteiger partial charge in [-0.15, -0.1) is 0 Å². The molecule has 0 radical (unpaired) electrons. The molecule has 6 heteroatoms. The second kappa shape index (κ2) is 8.47. The Morgan fingerprint density at radius 2 is 1.92 bits per heavy atom. The number of morpholine rings is 1. The van der Waals surface area contributed by atoms with Gasteiger partial charge in [-0.2, -0.15) is 0 Å². The Balaban J connectivity index is 1.53. The van der Waals surface area contributed by atoms with Crippen molar-refractivity contribution in [2.45, 2.75) is 26.7 Å². The molecule has 0 bridgehead atoms. The first kappa shape index (κ1) is 18.6. The van der Waals surface area contributed by atoms with Crippen molar-refractivity contribution < 1.29 is 9.53 Å². The highest BCUT2D eigenvalue weighted by molar-refractivity contribution is 5.81. The van der Waals surface area contributed by atoms with Crippen molar-refractivity contribution >= 4 is 16.8 Å². The summed E-state index contributed by atoms with van der Waals surface area (Å²) in [5, 5.41) is 3.95. The summed E-state index contributed by atoms with van der Waals surface area (Å²) < 4.78 is 5.31. The van der Waals surface area contributed by atoms with Gasteiger partial charge < -0.3 is 15.0 Å². The molecule has 0 unspecified atom stereocenters. The smallest absolute Gasteiger partial charge is 0.251 e. The quantitative estimate of drug-likeness (QED) is 0.822. The van der Waals surface area contributed by atoms with Crippen LogP contribution >= 0.6 is 0 Å². The predicted octanol–water partition coefficient (Wildman–Crippen LogP) is 1.53. The van der Waals surface area contributed by atoms with E-state index in [1.807, 2.05) is 19.1 Å². The van der Waals surface area contributed by atoms with Crippen LogP contribution in [0.2, 0.25) is 0 Å². The summed E-state index contributed by atoms with van der Waals surface area (Å²) in [6.07, 6.45) is 0.768.